The summed E-state index contributed by atoms with van der Waals surface area (Å²) in [7, 11) is 4.47. The zero-order chi connectivity index (χ0) is 20.3. The molecule has 0 saturated heterocycles. The molecule has 2 aromatic heterocycles. The number of benzene rings is 1. The summed E-state index contributed by atoms with van der Waals surface area (Å²) in [6.45, 7) is 3.60. The van der Waals surface area contributed by atoms with Gasteiger partial charge in [0.25, 0.3) is 5.89 Å². The third-order valence-electron chi connectivity index (χ3n) is 3.84. The van der Waals surface area contributed by atoms with Crippen molar-refractivity contribution in [2.75, 3.05) is 32.0 Å². The van der Waals surface area contributed by atoms with Crippen molar-refractivity contribution in [2.45, 2.75) is 13.8 Å². The van der Waals surface area contributed by atoms with Gasteiger partial charge in [0.15, 0.2) is 11.5 Å². The quantitative estimate of drug-likeness (QED) is 0.657. The summed E-state index contributed by atoms with van der Waals surface area (Å²) in [4.78, 5) is 12.3. The molecule has 2 N–H and O–H groups in total. The van der Waals surface area contributed by atoms with Crippen molar-refractivity contribution in [2.24, 2.45) is 0 Å². The number of aryl methyl sites for hydroxylation is 2. The SMILES string of the molecule is COc1cc(NC(=O)Nc2nnc(-c3cc(C)oc3C)o2)cc(OC)c1OC. The summed E-state index contributed by atoms with van der Waals surface area (Å²) >= 11 is 0. The average molecular weight is 388 g/mol. The number of methoxy groups -OCH3 is 3. The average Bonchev–Trinajstić information content (AvgIpc) is 3.26. The Morgan fingerprint density at radius 1 is 0.929 bits per heavy atom. The second-order valence-electron chi connectivity index (χ2n) is 5.73. The number of furan rings is 1. The third-order valence-corrected chi connectivity index (χ3v) is 3.84. The van der Waals surface area contributed by atoms with Crippen LogP contribution in [0.25, 0.3) is 11.5 Å². The van der Waals surface area contributed by atoms with Crippen molar-refractivity contribution in [3.8, 4) is 28.7 Å². The molecule has 3 rings (SSSR count). The Bertz CT molecular complexity index is 969. The van der Waals surface area contributed by atoms with Gasteiger partial charge >= 0.3 is 12.0 Å². The van der Waals surface area contributed by atoms with Gasteiger partial charge in [-0.25, -0.2) is 4.79 Å². The molecule has 2 heterocycles. The lowest BCUT2D eigenvalue weighted by molar-refractivity contribution is 0.261. The van der Waals surface area contributed by atoms with Crippen molar-refractivity contribution in [1.82, 2.24) is 10.2 Å². The summed E-state index contributed by atoms with van der Waals surface area (Å²) in [6, 6.07) is 4.33. The van der Waals surface area contributed by atoms with Crippen LogP contribution < -0.4 is 24.8 Å². The second kappa shape index (κ2) is 7.91. The highest BCUT2D eigenvalue weighted by Crippen LogP contribution is 2.40. The molecule has 0 unspecified atom stereocenters. The molecule has 28 heavy (non-hydrogen) atoms. The number of carbonyl (C=O) groups is 1. The zero-order valence-electron chi connectivity index (χ0n) is 16.1. The first-order valence-electron chi connectivity index (χ1n) is 8.24. The van der Waals surface area contributed by atoms with Gasteiger partial charge in [0.1, 0.15) is 11.5 Å². The van der Waals surface area contributed by atoms with Crippen LogP contribution in [0, 0.1) is 13.8 Å². The number of aromatic nitrogens is 2. The molecular weight excluding hydrogens is 368 g/mol. The number of nitrogens with one attached hydrogen (secondary N) is 2. The molecule has 10 heteroatoms. The normalized spacial score (nSPS) is 10.5. The molecule has 0 bridgehead atoms. The minimum Gasteiger partial charge on any atom is -0.493 e. The maximum Gasteiger partial charge on any atom is 0.327 e. The van der Waals surface area contributed by atoms with E-state index in [1.54, 1.807) is 25.1 Å². The van der Waals surface area contributed by atoms with E-state index >= 15 is 0 Å². The van der Waals surface area contributed by atoms with Crippen LogP contribution in [0.3, 0.4) is 0 Å². The van der Waals surface area contributed by atoms with Crippen LogP contribution in [0.4, 0.5) is 16.5 Å². The molecule has 0 fully saturated rings. The first kappa shape index (κ1) is 19.1. The number of anilines is 2. The molecular formula is C18H20N4O6. The first-order valence-corrected chi connectivity index (χ1v) is 8.24. The van der Waals surface area contributed by atoms with Crippen LogP contribution in [0.2, 0.25) is 0 Å². The number of amides is 2. The van der Waals surface area contributed by atoms with Gasteiger partial charge in [0, 0.05) is 12.1 Å². The lowest BCUT2D eigenvalue weighted by Crippen LogP contribution is -2.19. The van der Waals surface area contributed by atoms with Gasteiger partial charge in [-0.05, 0) is 19.9 Å². The Morgan fingerprint density at radius 3 is 2.14 bits per heavy atom. The van der Waals surface area contributed by atoms with Gasteiger partial charge in [0.05, 0.1) is 32.6 Å². The Morgan fingerprint density at radius 2 is 1.61 bits per heavy atom. The largest absolute Gasteiger partial charge is 0.493 e. The fourth-order valence-electron chi connectivity index (χ4n) is 2.64. The fourth-order valence-corrected chi connectivity index (χ4v) is 2.64. The molecule has 0 aliphatic carbocycles. The Kier molecular flexibility index (Phi) is 5.39. The second-order valence-corrected chi connectivity index (χ2v) is 5.73. The van der Waals surface area contributed by atoms with Crippen molar-refractivity contribution < 1.29 is 27.8 Å². The number of nitrogens with zero attached hydrogens (tertiary/aromatic N) is 2. The number of carbonyl (C=O) groups excluding carboxylic acids is 1. The van der Waals surface area contributed by atoms with Crippen LogP contribution in [0.1, 0.15) is 11.5 Å². The minimum absolute atomic E-state index is 0.0572. The van der Waals surface area contributed by atoms with Crippen LogP contribution in [-0.2, 0) is 0 Å². The van der Waals surface area contributed by atoms with E-state index in [-0.39, 0.29) is 11.9 Å². The number of ether oxygens (including phenoxy) is 3. The lowest BCUT2D eigenvalue weighted by atomic mass is 10.2. The van der Waals surface area contributed by atoms with Crippen molar-refractivity contribution in [3.63, 3.8) is 0 Å². The van der Waals surface area contributed by atoms with Crippen LogP contribution in [0.15, 0.2) is 27.0 Å². The van der Waals surface area contributed by atoms with Crippen molar-refractivity contribution >= 4 is 17.7 Å². The predicted molar refractivity (Wildman–Crippen MR) is 100 cm³/mol. The maximum atomic E-state index is 12.3. The van der Waals surface area contributed by atoms with Gasteiger partial charge in [0.2, 0.25) is 5.75 Å². The predicted octanol–water partition coefficient (Wildman–Crippen LogP) is 3.62. The highest BCUT2D eigenvalue weighted by molar-refractivity contribution is 5.98. The standard InChI is InChI=1S/C18H20N4O6/c1-9-6-12(10(2)27-9)16-21-22-18(28-16)20-17(23)19-11-7-13(24-3)15(26-5)14(8-11)25-4/h6-8H,1-5H3,(H2,19,20,22,23). The van der Waals surface area contributed by atoms with E-state index in [1.807, 2.05) is 6.92 Å². The molecule has 0 aliphatic heterocycles. The Balaban J connectivity index is 1.74. The summed E-state index contributed by atoms with van der Waals surface area (Å²) in [6.07, 6.45) is 0. The van der Waals surface area contributed by atoms with Gasteiger partial charge in [-0.2, -0.15) is 0 Å². The van der Waals surface area contributed by atoms with Crippen LogP contribution in [0.5, 0.6) is 17.2 Å². The molecule has 0 radical (unpaired) electrons. The van der Waals surface area contributed by atoms with E-state index in [2.05, 4.69) is 20.8 Å². The first-order chi connectivity index (χ1) is 13.4. The van der Waals surface area contributed by atoms with E-state index in [9.17, 15) is 4.79 Å². The number of hydrogen-bond acceptors (Lipinski definition) is 8. The Labute approximate surface area is 160 Å². The molecule has 2 amide bonds. The van der Waals surface area contributed by atoms with Crippen molar-refractivity contribution in [1.29, 1.82) is 0 Å². The highest BCUT2D eigenvalue weighted by atomic mass is 16.5. The molecule has 0 atom stereocenters. The van der Waals surface area contributed by atoms with E-state index < -0.39 is 6.03 Å². The number of rotatable bonds is 6. The van der Waals surface area contributed by atoms with Crippen LogP contribution in [-0.4, -0.2) is 37.6 Å². The van der Waals surface area contributed by atoms with Crippen LogP contribution >= 0.6 is 0 Å². The van der Waals surface area contributed by atoms with Gasteiger partial charge in [-0.3, -0.25) is 5.32 Å². The molecule has 0 spiro atoms. The van der Waals surface area contributed by atoms with Gasteiger partial charge < -0.3 is 28.4 Å². The summed E-state index contributed by atoms with van der Waals surface area (Å²) in [5, 5.41) is 12.9. The Hall–Kier alpha value is -3.69. The van der Waals surface area contributed by atoms with Gasteiger partial charge in [-0.1, -0.05) is 5.10 Å². The van der Waals surface area contributed by atoms with E-state index in [0.717, 1.165) is 5.76 Å². The highest BCUT2D eigenvalue weighted by Gasteiger charge is 2.17. The van der Waals surface area contributed by atoms with Gasteiger partial charge in [-0.15, -0.1) is 5.10 Å². The monoisotopic (exact) mass is 388 g/mol. The molecule has 148 valence electrons. The summed E-state index contributed by atoms with van der Waals surface area (Å²) in [5.41, 5.74) is 1.09. The van der Waals surface area contributed by atoms with E-state index in [1.165, 1.54) is 21.3 Å². The van der Waals surface area contributed by atoms with E-state index in [0.29, 0.717) is 34.3 Å². The molecule has 0 aliphatic rings. The lowest BCUT2D eigenvalue weighted by Gasteiger charge is -2.14. The fraction of sp³-hybridized carbons (Fsp3) is 0.278. The molecule has 0 saturated carbocycles. The van der Waals surface area contributed by atoms with E-state index in [4.69, 9.17) is 23.0 Å². The molecule has 1 aromatic carbocycles. The zero-order valence-corrected chi connectivity index (χ0v) is 16.1. The molecule has 3 aromatic rings. The maximum absolute atomic E-state index is 12.3. The summed E-state index contributed by atoms with van der Waals surface area (Å²) < 4.78 is 26.7. The smallest absolute Gasteiger partial charge is 0.327 e. The summed E-state index contributed by atoms with van der Waals surface area (Å²) in [5.74, 6) is 2.85. The molecule has 10 nitrogen and oxygen atoms in total. The number of urea groups is 1. The number of hydrogen-bond donors (Lipinski definition) is 2. The third kappa shape index (κ3) is 3.85. The van der Waals surface area contributed by atoms with Crippen molar-refractivity contribution in [3.05, 3.63) is 29.7 Å². The minimum atomic E-state index is -0.579. The topological polar surface area (TPSA) is 121 Å².